The summed E-state index contributed by atoms with van der Waals surface area (Å²) in [7, 11) is 2.17. The molecule has 0 amide bonds. The van der Waals surface area contributed by atoms with Crippen LogP contribution in [0.4, 0.5) is 0 Å². The van der Waals surface area contributed by atoms with Crippen molar-refractivity contribution in [2.45, 2.75) is 168 Å². The van der Waals surface area contributed by atoms with Gasteiger partial charge < -0.3 is 5.32 Å². The highest BCUT2D eigenvalue weighted by molar-refractivity contribution is 4.65. The van der Waals surface area contributed by atoms with Crippen LogP contribution in [0.1, 0.15) is 162 Å². The third-order valence-corrected chi connectivity index (χ3v) is 6.47. The first-order valence-electron chi connectivity index (χ1n) is 13.5. The zero-order valence-corrected chi connectivity index (χ0v) is 20.3. The largest absolute Gasteiger partial charge is 0.317 e. The van der Waals surface area contributed by atoms with E-state index in [-0.39, 0.29) is 0 Å². The van der Waals surface area contributed by atoms with Crippen LogP contribution >= 0.6 is 0 Å². The van der Waals surface area contributed by atoms with Gasteiger partial charge in [0.25, 0.3) is 0 Å². The van der Waals surface area contributed by atoms with E-state index in [0.29, 0.717) is 0 Å². The minimum atomic E-state index is 0.771. The molecule has 1 heteroatoms. The molecule has 170 valence electrons. The van der Waals surface area contributed by atoms with Gasteiger partial charge in [0.15, 0.2) is 0 Å². The van der Waals surface area contributed by atoms with Crippen LogP contribution in [-0.4, -0.2) is 13.1 Å². The highest BCUT2D eigenvalue weighted by Crippen LogP contribution is 2.16. The SMILES string of the molecule is CCCCCCCCCCCCCC(CCCCCCCCCCCC)NC. The van der Waals surface area contributed by atoms with E-state index in [1.54, 1.807) is 0 Å². The summed E-state index contributed by atoms with van der Waals surface area (Å²) in [6, 6.07) is 0.771. The van der Waals surface area contributed by atoms with Crippen LogP contribution in [0.15, 0.2) is 0 Å². The zero-order chi connectivity index (χ0) is 20.5. The maximum absolute atomic E-state index is 3.57. The Morgan fingerprint density at radius 1 is 0.393 bits per heavy atom. The Bertz CT molecular complexity index is 263. The quantitative estimate of drug-likeness (QED) is 0.160. The van der Waals surface area contributed by atoms with Crippen molar-refractivity contribution < 1.29 is 0 Å². The highest BCUT2D eigenvalue weighted by Gasteiger charge is 2.05. The van der Waals surface area contributed by atoms with Crippen molar-refractivity contribution in [3.63, 3.8) is 0 Å². The van der Waals surface area contributed by atoms with Gasteiger partial charge in [-0.2, -0.15) is 0 Å². The van der Waals surface area contributed by atoms with Crippen LogP contribution in [0.3, 0.4) is 0 Å². The average Bonchev–Trinajstić information content (AvgIpc) is 2.71. The maximum Gasteiger partial charge on any atom is 0.00640 e. The predicted molar refractivity (Wildman–Crippen MR) is 130 cm³/mol. The first kappa shape index (κ1) is 28.0. The second-order valence-electron chi connectivity index (χ2n) is 9.28. The van der Waals surface area contributed by atoms with Gasteiger partial charge >= 0.3 is 0 Å². The number of nitrogens with one attached hydrogen (secondary N) is 1. The summed E-state index contributed by atoms with van der Waals surface area (Å²) in [4.78, 5) is 0. The molecule has 0 saturated carbocycles. The van der Waals surface area contributed by atoms with Crippen molar-refractivity contribution in [1.29, 1.82) is 0 Å². The molecule has 0 spiro atoms. The molecule has 0 aliphatic carbocycles. The van der Waals surface area contributed by atoms with Crippen molar-refractivity contribution in [1.82, 2.24) is 5.32 Å². The summed E-state index contributed by atoms with van der Waals surface area (Å²) >= 11 is 0. The van der Waals surface area contributed by atoms with Gasteiger partial charge in [0, 0.05) is 6.04 Å². The van der Waals surface area contributed by atoms with Gasteiger partial charge in [-0.25, -0.2) is 0 Å². The Kier molecular flexibility index (Phi) is 25.0. The van der Waals surface area contributed by atoms with Crippen LogP contribution in [0.5, 0.6) is 0 Å². The van der Waals surface area contributed by atoms with Crippen LogP contribution < -0.4 is 5.32 Å². The van der Waals surface area contributed by atoms with Gasteiger partial charge in [-0.05, 0) is 19.9 Å². The van der Waals surface area contributed by atoms with E-state index in [1.807, 2.05) is 0 Å². The van der Waals surface area contributed by atoms with E-state index in [1.165, 1.54) is 148 Å². The summed E-state index contributed by atoms with van der Waals surface area (Å²) in [5.74, 6) is 0. The van der Waals surface area contributed by atoms with Crippen molar-refractivity contribution in [2.24, 2.45) is 0 Å². The molecule has 0 aromatic heterocycles. The molecule has 0 aliphatic rings. The van der Waals surface area contributed by atoms with E-state index < -0.39 is 0 Å². The van der Waals surface area contributed by atoms with Gasteiger partial charge in [-0.3, -0.25) is 0 Å². The molecule has 1 atom stereocenters. The van der Waals surface area contributed by atoms with Crippen LogP contribution in [-0.2, 0) is 0 Å². The fourth-order valence-electron chi connectivity index (χ4n) is 4.37. The standard InChI is InChI=1S/C27H57N/c1-4-6-8-10-12-14-16-18-20-22-24-26-27(28-3)25-23-21-19-17-15-13-11-9-7-5-2/h27-28H,4-26H2,1-3H3. The monoisotopic (exact) mass is 395 g/mol. The molecule has 0 rings (SSSR count). The van der Waals surface area contributed by atoms with Crippen molar-refractivity contribution in [3.8, 4) is 0 Å². The molecule has 0 aliphatic heterocycles. The summed E-state index contributed by atoms with van der Waals surface area (Å²) in [5, 5.41) is 3.57. The number of hydrogen-bond acceptors (Lipinski definition) is 1. The Balaban J connectivity index is 3.27. The second kappa shape index (κ2) is 25.0. The van der Waals surface area contributed by atoms with Crippen molar-refractivity contribution in [3.05, 3.63) is 0 Å². The number of unbranched alkanes of at least 4 members (excludes halogenated alkanes) is 19. The van der Waals surface area contributed by atoms with Crippen molar-refractivity contribution >= 4 is 0 Å². The van der Waals surface area contributed by atoms with Gasteiger partial charge in [0.05, 0.1) is 0 Å². The molecule has 1 unspecified atom stereocenters. The molecular formula is C27H57N. The number of hydrogen-bond donors (Lipinski definition) is 1. The van der Waals surface area contributed by atoms with Crippen LogP contribution in [0.2, 0.25) is 0 Å². The molecule has 0 aromatic carbocycles. The molecule has 0 radical (unpaired) electrons. The Hall–Kier alpha value is -0.0400. The minimum absolute atomic E-state index is 0.771. The minimum Gasteiger partial charge on any atom is -0.317 e. The number of rotatable bonds is 24. The summed E-state index contributed by atoms with van der Waals surface area (Å²) in [5.41, 5.74) is 0. The molecule has 0 aromatic rings. The van der Waals surface area contributed by atoms with Crippen LogP contribution in [0.25, 0.3) is 0 Å². The molecule has 28 heavy (non-hydrogen) atoms. The van der Waals surface area contributed by atoms with E-state index in [2.05, 4.69) is 26.2 Å². The molecule has 0 bridgehead atoms. The Morgan fingerprint density at radius 3 is 0.893 bits per heavy atom. The lowest BCUT2D eigenvalue weighted by atomic mass is 9.99. The fraction of sp³-hybridized carbons (Fsp3) is 1.00. The van der Waals surface area contributed by atoms with Gasteiger partial charge in [-0.1, -0.05) is 149 Å². The molecule has 1 nitrogen and oxygen atoms in total. The molecule has 1 N–H and O–H groups in total. The van der Waals surface area contributed by atoms with Gasteiger partial charge in [0.2, 0.25) is 0 Å². The van der Waals surface area contributed by atoms with E-state index in [4.69, 9.17) is 0 Å². The molecule has 0 saturated heterocycles. The van der Waals surface area contributed by atoms with Crippen LogP contribution in [0, 0.1) is 0 Å². The molecule has 0 heterocycles. The van der Waals surface area contributed by atoms with E-state index >= 15 is 0 Å². The smallest absolute Gasteiger partial charge is 0.00640 e. The predicted octanol–water partition coefficient (Wildman–Crippen LogP) is 9.59. The molecule has 0 fully saturated rings. The summed E-state index contributed by atoms with van der Waals surface area (Å²) < 4.78 is 0. The molecular weight excluding hydrogens is 338 g/mol. The summed E-state index contributed by atoms with van der Waals surface area (Å²) in [6.07, 6.45) is 33.2. The third kappa shape index (κ3) is 22.3. The van der Waals surface area contributed by atoms with E-state index in [9.17, 15) is 0 Å². The van der Waals surface area contributed by atoms with Gasteiger partial charge in [0.1, 0.15) is 0 Å². The Labute approximate surface area is 180 Å². The van der Waals surface area contributed by atoms with E-state index in [0.717, 1.165) is 6.04 Å². The lowest BCUT2D eigenvalue weighted by molar-refractivity contribution is 0.434. The third-order valence-electron chi connectivity index (χ3n) is 6.47. The first-order chi connectivity index (χ1) is 13.8. The highest BCUT2D eigenvalue weighted by atomic mass is 14.9. The summed E-state index contributed by atoms with van der Waals surface area (Å²) in [6.45, 7) is 4.60. The van der Waals surface area contributed by atoms with Crippen molar-refractivity contribution in [2.75, 3.05) is 7.05 Å². The Morgan fingerprint density at radius 2 is 0.643 bits per heavy atom. The second-order valence-corrected chi connectivity index (χ2v) is 9.28. The normalized spacial score (nSPS) is 12.5. The maximum atomic E-state index is 3.57. The fourth-order valence-corrected chi connectivity index (χ4v) is 4.37. The first-order valence-corrected chi connectivity index (χ1v) is 13.5. The lowest BCUT2D eigenvalue weighted by Crippen LogP contribution is -2.24. The lowest BCUT2D eigenvalue weighted by Gasteiger charge is -2.16. The zero-order valence-electron chi connectivity index (χ0n) is 20.3. The average molecular weight is 396 g/mol. The van der Waals surface area contributed by atoms with Gasteiger partial charge in [-0.15, -0.1) is 0 Å². The topological polar surface area (TPSA) is 12.0 Å².